The maximum Gasteiger partial charge on any atom is 0.0575 e. The molecule has 1 fully saturated rings. The first-order chi connectivity index (χ1) is 8.77. The van der Waals surface area contributed by atoms with Crippen molar-refractivity contribution in [2.45, 2.75) is 56.4 Å². The number of halogens is 1. The van der Waals surface area contributed by atoms with Crippen LogP contribution in [-0.2, 0) is 4.74 Å². The highest BCUT2D eigenvalue weighted by molar-refractivity contribution is 6.21. The van der Waals surface area contributed by atoms with Gasteiger partial charge in [-0.15, -0.1) is 11.6 Å². The second-order valence-electron chi connectivity index (χ2n) is 5.15. The van der Waals surface area contributed by atoms with E-state index in [1.807, 2.05) is 12.4 Å². The molecule has 0 aliphatic carbocycles. The van der Waals surface area contributed by atoms with Crippen LogP contribution in [0.3, 0.4) is 0 Å². The minimum atomic E-state index is 0.179. The highest BCUT2D eigenvalue weighted by Crippen LogP contribution is 2.28. The normalized spacial score (nSPS) is 23.6. The molecule has 0 bridgehead atoms. The van der Waals surface area contributed by atoms with Gasteiger partial charge in [-0.2, -0.15) is 0 Å². The summed E-state index contributed by atoms with van der Waals surface area (Å²) in [7, 11) is 0. The third-order valence-electron chi connectivity index (χ3n) is 3.81. The van der Waals surface area contributed by atoms with Crippen molar-refractivity contribution in [2.24, 2.45) is 0 Å². The first-order valence-corrected chi connectivity index (χ1v) is 7.36. The number of hydrogen-bond acceptors (Lipinski definition) is 2. The van der Waals surface area contributed by atoms with Gasteiger partial charge < -0.3 is 4.74 Å². The topological polar surface area (TPSA) is 22.1 Å². The second-order valence-corrected chi connectivity index (χ2v) is 5.71. The molecular formula is C15H22ClNO. The van der Waals surface area contributed by atoms with Crippen molar-refractivity contribution in [3.05, 3.63) is 30.1 Å². The summed E-state index contributed by atoms with van der Waals surface area (Å²) in [5, 5.41) is 0.179. The number of pyridine rings is 1. The Hall–Kier alpha value is -0.600. The van der Waals surface area contributed by atoms with Crippen LogP contribution in [0.15, 0.2) is 24.5 Å². The Kier molecular flexibility index (Phi) is 5.45. The minimum Gasteiger partial charge on any atom is -0.378 e. The highest BCUT2D eigenvalue weighted by Gasteiger charge is 2.20. The van der Waals surface area contributed by atoms with Gasteiger partial charge in [0.15, 0.2) is 0 Å². The molecule has 0 saturated carbocycles. The number of rotatable bonds is 5. The maximum absolute atomic E-state index is 6.51. The number of ether oxygens (including phenoxy) is 1. The summed E-state index contributed by atoms with van der Waals surface area (Å²) in [4.78, 5) is 4.04. The molecule has 1 aliphatic rings. The maximum atomic E-state index is 6.51. The van der Waals surface area contributed by atoms with Crippen molar-refractivity contribution in [3.63, 3.8) is 0 Å². The number of alkyl halides is 1. The Morgan fingerprint density at radius 1 is 1.39 bits per heavy atom. The Morgan fingerprint density at radius 3 is 2.83 bits per heavy atom. The first-order valence-electron chi connectivity index (χ1n) is 6.93. The summed E-state index contributed by atoms with van der Waals surface area (Å²) in [6.07, 6.45) is 9.93. The van der Waals surface area contributed by atoms with Crippen LogP contribution in [-0.4, -0.2) is 23.1 Å². The highest BCUT2D eigenvalue weighted by atomic mass is 35.5. The van der Waals surface area contributed by atoms with Crippen molar-refractivity contribution in [2.75, 3.05) is 6.61 Å². The molecule has 0 radical (unpaired) electrons. The lowest BCUT2D eigenvalue weighted by Gasteiger charge is -2.25. The van der Waals surface area contributed by atoms with E-state index in [9.17, 15) is 0 Å². The van der Waals surface area contributed by atoms with E-state index in [-0.39, 0.29) is 5.38 Å². The van der Waals surface area contributed by atoms with E-state index in [4.69, 9.17) is 16.3 Å². The molecule has 3 atom stereocenters. The summed E-state index contributed by atoms with van der Waals surface area (Å²) >= 11 is 6.51. The van der Waals surface area contributed by atoms with E-state index in [0.29, 0.717) is 12.0 Å². The molecule has 0 spiro atoms. The van der Waals surface area contributed by atoms with E-state index >= 15 is 0 Å². The zero-order valence-corrected chi connectivity index (χ0v) is 11.8. The van der Waals surface area contributed by atoms with Gasteiger partial charge in [-0.05, 0) is 55.7 Å². The second kappa shape index (κ2) is 7.10. The quantitative estimate of drug-likeness (QED) is 0.748. The standard InChI is InChI=1S/C15H22ClNO/c1-12(13-7-9-17-10-8-13)15(16)6-5-14-4-2-3-11-18-14/h7-10,12,14-15H,2-6,11H2,1H3. The molecule has 0 N–H and O–H groups in total. The molecule has 1 aliphatic heterocycles. The summed E-state index contributed by atoms with van der Waals surface area (Å²) in [5.41, 5.74) is 1.27. The molecule has 2 heterocycles. The van der Waals surface area contributed by atoms with Crippen molar-refractivity contribution in [1.29, 1.82) is 0 Å². The number of aromatic nitrogens is 1. The fourth-order valence-corrected chi connectivity index (χ4v) is 2.78. The van der Waals surface area contributed by atoms with Gasteiger partial charge in [0.1, 0.15) is 0 Å². The molecular weight excluding hydrogens is 246 g/mol. The Labute approximate surface area is 115 Å². The Balaban J connectivity index is 1.78. The first kappa shape index (κ1) is 13.8. The monoisotopic (exact) mass is 267 g/mol. The zero-order valence-electron chi connectivity index (χ0n) is 11.0. The van der Waals surface area contributed by atoms with Crippen LogP contribution in [0.1, 0.15) is 50.5 Å². The van der Waals surface area contributed by atoms with Crippen molar-refractivity contribution in [3.8, 4) is 0 Å². The lowest BCUT2D eigenvalue weighted by atomic mass is 9.94. The van der Waals surface area contributed by atoms with E-state index in [1.165, 1.54) is 24.8 Å². The van der Waals surface area contributed by atoms with Crippen LogP contribution in [0.4, 0.5) is 0 Å². The molecule has 18 heavy (non-hydrogen) atoms. The smallest absolute Gasteiger partial charge is 0.0575 e. The molecule has 1 saturated heterocycles. The third kappa shape index (κ3) is 3.96. The van der Waals surface area contributed by atoms with Crippen LogP contribution >= 0.6 is 11.6 Å². The molecule has 2 rings (SSSR count). The van der Waals surface area contributed by atoms with E-state index in [0.717, 1.165) is 19.4 Å². The van der Waals surface area contributed by atoms with Crippen LogP contribution < -0.4 is 0 Å². The van der Waals surface area contributed by atoms with Crippen molar-refractivity contribution in [1.82, 2.24) is 4.98 Å². The van der Waals surface area contributed by atoms with E-state index < -0.39 is 0 Å². The molecule has 0 aromatic carbocycles. The average molecular weight is 268 g/mol. The van der Waals surface area contributed by atoms with E-state index in [2.05, 4.69) is 24.0 Å². The predicted octanol–water partition coefficient (Wildman–Crippen LogP) is 4.14. The van der Waals surface area contributed by atoms with Gasteiger partial charge in [0, 0.05) is 24.4 Å². The van der Waals surface area contributed by atoms with Gasteiger partial charge in [-0.3, -0.25) is 4.98 Å². The molecule has 1 aromatic heterocycles. The van der Waals surface area contributed by atoms with Gasteiger partial charge in [-0.25, -0.2) is 0 Å². The fourth-order valence-electron chi connectivity index (χ4n) is 2.51. The largest absolute Gasteiger partial charge is 0.378 e. The summed E-state index contributed by atoms with van der Waals surface area (Å²) < 4.78 is 5.75. The van der Waals surface area contributed by atoms with E-state index in [1.54, 1.807) is 0 Å². The summed E-state index contributed by atoms with van der Waals surface area (Å²) in [5.74, 6) is 0.373. The lowest BCUT2D eigenvalue weighted by Crippen LogP contribution is -2.21. The minimum absolute atomic E-state index is 0.179. The average Bonchev–Trinajstić information content (AvgIpc) is 2.46. The number of hydrogen-bond donors (Lipinski definition) is 0. The molecule has 0 amide bonds. The SMILES string of the molecule is CC(c1ccncc1)C(Cl)CCC1CCCCO1. The van der Waals surface area contributed by atoms with Crippen LogP contribution in [0.2, 0.25) is 0 Å². The van der Waals surface area contributed by atoms with Gasteiger partial charge in [-0.1, -0.05) is 6.92 Å². The molecule has 100 valence electrons. The molecule has 3 unspecified atom stereocenters. The van der Waals surface area contributed by atoms with Crippen LogP contribution in [0.25, 0.3) is 0 Å². The molecule has 2 nitrogen and oxygen atoms in total. The Morgan fingerprint density at radius 2 is 2.17 bits per heavy atom. The fraction of sp³-hybridized carbons (Fsp3) is 0.667. The predicted molar refractivity (Wildman–Crippen MR) is 75.1 cm³/mol. The summed E-state index contributed by atoms with van der Waals surface area (Å²) in [6, 6.07) is 4.11. The van der Waals surface area contributed by atoms with Crippen molar-refractivity contribution >= 4 is 11.6 Å². The van der Waals surface area contributed by atoms with Crippen LogP contribution in [0, 0.1) is 0 Å². The van der Waals surface area contributed by atoms with Crippen molar-refractivity contribution < 1.29 is 4.74 Å². The molecule has 1 aromatic rings. The van der Waals surface area contributed by atoms with Gasteiger partial charge in [0.2, 0.25) is 0 Å². The zero-order chi connectivity index (χ0) is 12.8. The van der Waals surface area contributed by atoms with Gasteiger partial charge in [0.25, 0.3) is 0 Å². The summed E-state index contributed by atoms with van der Waals surface area (Å²) in [6.45, 7) is 3.12. The molecule has 3 heteroatoms. The van der Waals surface area contributed by atoms with Gasteiger partial charge in [0.05, 0.1) is 6.10 Å². The Bertz CT molecular complexity index is 338. The third-order valence-corrected chi connectivity index (χ3v) is 4.41. The van der Waals surface area contributed by atoms with Gasteiger partial charge >= 0.3 is 0 Å². The lowest BCUT2D eigenvalue weighted by molar-refractivity contribution is 0.00982. The number of nitrogens with zero attached hydrogens (tertiary/aromatic N) is 1. The van der Waals surface area contributed by atoms with Crippen LogP contribution in [0.5, 0.6) is 0 Å².